The van der Waals surface area contributed by atoms with Crippen LogP contribution in [0.15, 0.2) is 12.1 Å². The monoisotopic (exact) mass is 287 g/mol. The lowest BCUT2D eigenvalue weighted by molar-refractivity contribution is -0.384. The van der Waals surface area contributed by atoms with E-state index in [0.29, 0.717) is 0 Å². The number of hydrogen-bond donors (Lipinski definition) is 1. The maximum absolute atomic E-state index is 11.1. The van der Waals surface area contributed by atoms with Gasteiger partial charge in [0.15, 0.2) is 5.75 Å². The molecule has 0 aromatic heterocycles. The summed E-state index contributed by atoms with van der Waals surface area (Å²) in [6.45, 7) is 3.75. The molecule has 0 amide bonds. The molecule has 1 atom stereocenters. The summed E-state index contributed by atoms with van der Waals surface area (Å²) in [5, 5.41) is 19.7. The van der Waals surface area contributed by atoms with Crippen molar-refractivity contribution in [1.82, 2.24) is 0 Å². The van der Waals surface area contributed by atoms with Crippen LogP contribution in [0, 0.1) is 10.1 Å². The van der Waals surface area contributed by atoms with Gasteiger partial charge >= 0.3 is 5.97 Å². The third-order valence-corrected chi connectivity index (χ3v) is 2.76. The normalized spacial score (nSPS) is 11.9. The number of benzene rings is 1. The maximum atomic E-state index is 11.1. The van der Waals surface area contributed by atoms with Crippen LogP contribution in [0.25, 0.3) is 0 Å². The number of nitro groups is 1. The highest BCUT2D eigenvalue weighted by Crippen LogP contribution is 2.34. The van der Waals surface area contributed by atoms with Crippen LogP contribution in [0.1, 0.15) is 37.0 Å². The van der Waals surface area contributed by atoms with Crippen molar-refractivity contribution in [2.45, 2.75) is 32.8 Å². The molecule has 104 valence electrons. The van der Waals surface area contributed by atoms with E-state index < -0.39 is 10.9 Å². The van der Waals surface area contributed by atoms with Crippen molar-refractivity contribution in [2.75, 3.05) is 0 Å². The van der Waals surface area contributed by atoms with Crippen LogP contribution >= 0.6 is 11.6 Å². The predicted octanol–water partition coefficient (Wildman–Crippen LogP) is 3.51. The highest BCUT2D eigenvalue weighted by Gasteiger charge is 2.22. The molecule has 1 aromatic rings. The van der Waals surface area contributed by atoms with Crippen molar-refractivity contribution in [2.24, 2.45) is 0 Å². The van der Waals surface area contributed by atoms with Crippen LogP contribution < -0.4 is 4.74 Å². The Labute approximate surface area is 115 Å². The van der Waals surface area contributed by atoms with E-state index in [0.717, 1.165) is 25.0 Å². The van der Waals surface area contributed by atoms with Gasteiger partial charge in [0, 0.05) is 12.1 Å². The molecule has 7 heteroatoms. The Bertz CT molecular complexity index is 503. The highest BCUT2D eigenvalue weighted by molar-refractivity contribution is 6.32. The number of carboxylic acids is 1. The lowest BCUT2D eigenvalue weighted by Crippen LogP contribution is -2.14. The van der Waals surface area contributed by atoms with E-state index in [1.165, 1.54) is 0 Å². The largest absolute Gasteiger partial charge is 0.488 e. The molecule has 0 aliphatic heterocycles. The molecular weight excluding hydrogens is 274 g/mol. The molecule has 0 heterocycles. The standard InChI is InChI=1S/C12H14ClNO5/c1-3-4-7(2)19-11-9(12(15)16)5-8(14(17)18)6-10(11)13/h5-7H,3-4H2,1-2H3,(H,15,16). The smallest absolute Gasteiger partial charge is 0.339 e. The fourth-order valence-electron chi connectivity index (χ4n) is 1.63. The number of nitrogens with zero attached hydrogens (tertiary/aromatic N) is 1. The van der Waals surface area contributed by atoms with E-state index in [4.69, 9.17) is 21.4 Å². The summed E-state index contributed by atoms with van der Waals surface area (Å²) in [7, 11) is 0. The quantitative estimate of drug-likeness (QED) is 0.638. The van der Waals surface area contributed by atoms with Gasteiger partial charge in [-0.25, -0.2) is 4.79 Å². The first-order valence-corrected chi connectivity index (χ1v) is 6.12. The Morgan fingerprint density at radius 2 is 2.21 bits per heavy atom. The number of nitro benzene ring substituents is 1. The molecule has 0 radical (unpaired) electrons. The SMILES string of the molecule is CCCC(C)Oc1c(Cl)cc([N+](=O)[O-])cc1C(=O)O. The summed E-state index contributed by atoms with van der Waals surface area (Å²) in [5.74, 6) is -1.34. The summed E-state index contributed by atoms with van der Waals surface area (Å²) in [4.78, 5) is 21.1. The van der Waals surface area contributed by atoms with Crippen LogP contribution in [0.2, 0.25) is 5.02 Å². The second-order valence-corrected chi connectivity index (χ2v) is 4.49. The van der Waals surface area contributed by atoms with Crippen LogP contribution in [0.3, 0.4) is 0 Å². The van der Waals surface area contributed by atoms with Gasteiger partial charge < -0.3 is 9.84 Å². The Kier molecular flexibility index (Phi) is 5.11. The molecule has 0 fully saturated rings. The third kappa shape index (κ3) is 3.82. The van der Waals surface area contributed by atoms with E-state index in [2.05, 4.69) is 0 Å². The minimum atomic E-state index is -1.32. The first-order chi connectivity index (χ1) is 8.86. The zero-order chi connectivity index (χ0) is 14.6. The second-order valence-electron chi connectivity index (χ2n) is 4.08. The fraction of sp³-hybridized carbons (Fsp3) is 0.417. The molecule has 0 aliphatic carbocycles. The summed E-state index contributed by atoms with van der Waals surface area (Å²) in [6.07, 6.45) is 1.38. The van der Waals surface area contributed by atoms with Crippen molar-refractivity contribution in [1.29, 1.82) is 0 Å². The van der Waals surface area contributed by atoms with Gasteiger partial charge in [0.1, 0.15) is 5.56 Å². The Morgan fingerprint density at radius 3 is 2.68 bits per heavy atom. The predicted molar refractivity (Wildman–Crippen MR) is 70.1 cm³/mol. The molecule has 0 saturated heterocycles. The van der Waals surface area contributed by atoms with Crippen molar-refractivity contribution >= 4 is 23.3 Å². The van der Waals surface area contributed by atoms with Gasteiger partial charge in [0.05, 0.1) is 16.0 Å². The van der Waals surface area contributed by atoms with Gasteiger partial charge in [0.2, 0.25) is 0 Å². The summed E-state index contributed by atoms with van der Waals surface area (Å²) in [6, 6.07) is 2.03. The van der Waals surface area contributed by atoms with Gasteiger partial charge in [-0.05, 0) is 13.3 Å². The number of carboxylic acid groups (broad SMARTS) is 1. The Balaban J connectivity index is 3.22. The Morgan fingerprint density at radius 1 is 1.58 bits per heavy atom. The molecule has 1 aromatic carbocycles. The van der Waals surface area contributed by atoms with Crippen LogP contribution in [-0.4, -0.2) is 22.1 Å². The number of rotatable bonds is 6. The molecule has 1 unspecified atom stereocenters. The molecule has 0 bridgehead atoms. The van der Waals surface area contributed by atoms with E-state index >= 15 is 0 Å². The van der Waals surface area contributed by atoms with E-state index in [1.807, 2.05) is 6.92 Å². The zero-order valence-corrected chi connectivity index (χ0v) is 11.3. The van der Waals surface area contributed by atoms with E-state index in [-0.39, 0.29) is 28.1 Å². The topological polar surface area (TPSA) is 89.7 Å². The number of aromatic carboxylic acids is 1. The van der Waals surface area contributed by atoms with Crippen LogP contribution in [-0.2, 0) is 0 Å². The van der Waals surface area contributed by atoms with Crippen molar-refractivity contribution in [3.63, 3.8) is 0 Å². The second kappa shape index (κ2) is 6.38. The molecule has 0 spiro atoms. The molecule has 0 aliphatic rings. The zero-order valence-electron chi connectivity index (χ0n) is 10.6. The third-order valence-electron chi connectivity index (χ3n) is 2.48. The van der Waals surface area contributed by atoms with Gasteiger partial charge in [0.25, 0.3) is 5.69 Å². The number of carbonyl (C=O) groups is 1. The number of hydrogen-bond acceptors (Lipinski definition) is 4. The van der Waals surface area contributed by atoms with Crippen LogP contribution in [0.4, 0.5) is 5.69 Å². The summed E-state index contributed by atoms with van der Waals surface area (Å²) < 4.78 is 5.48. The number of ether oxygens (including phenoxy) is 1. The van der Waals surface area contributed by atoms with Gasteiger partial charge in [-0.2, -0.15) is 0 Å². The first kappa shape index (κ1) is 15.2. The van der Waals surface area contributed by atoms with E-state index in [1.54, 1.807) is 6.92 Å². The average Bonchev–Trinajstić information content (AvgIpc) is 2.31. The lowest BCUT2D eigenvalue weighted by atomic mass is 10.1. The molecule has 1 N–H and O–H groups in total. The highest BCUT2D eigenvalue weighted by atomic mass is 35.5. The van der Waals surface area contributed by atoms with Gasteiger partial charge in [-0.15, -0.1) is 0 Å². The lowest BCUT2D eigenvalue weighted by Gasteiger charge is -2.16. The minimum Gasteiger partial charge on any atom is -0.488 e. The molecule has 0 saturated carbocycles. The van der Waals surface area contributed by atoms with Gasteiger partial charge in [-0.3, -0.25) is 10.1 Å². The number of halogens is 1. The average molecular weight is 288 g/mol. The van der Waals surface area contributed by atoms with Crippen molar-refractivity contribution < 1.29 is 19.6 Å². The Hall–Kier alpha value is -1.82. The number of non-ortho nitro benzene ring substituents is 1. The molecule has 19 heavy (non-hydrogen) atoms. The summed E-state index contributed by atoms with van der Waals surface area (Å²) >= 11 is 5.87. The minimum absolute atomic E-state index is 0.0271. The van der Waals surface area contributed by atoms with Crippen molar-refractivity contribution in [3.8, 4) is 5.75 Å². The maximum Gasteiger partial charge on any atom is 0.339 e. The molecule has 1 rings (SSSR count). The molecule has 6 nitrogen and oxygen atoms in total. The van der Waals surface area contributed by atoms with E-state index in [9.17, 15) is 14.9 Å². The van der Waals surface area contributed by atoms with Crippen molar-refractivity contribution in [3.05, 3.63) is 32.8 Å². The summed E-state index contributed by atoms with van der Waals surface area (Å²) in [5.41, 5.74) is -0.681. The van der Waals surface area contributed by atoms with Crippen LogP contribution in [0.5, 0.6) is 5.75 Å². The van der Waals surface area contributed by atoms with Gasteiger partial charge in [-0.1, -0.05) is 24.9 Å². The molecular formula is C12H14ClNO5. The first-order valence-electron chi connectivity index (χ1n) is 5.74. The fourth-order valence-corrected chi connectivity index (χ4v) is 1.89.